The molecule has 25 heavy (non-hydrogen) atoms. The predicted octanol–water partition coefficient (Wildman–Crippen LogP) is 2.06. The zero-order valence-electron chi connectivity index (χ0n) is 13.4. The van der Waals surface area contributed by atoms with Gasteiger partial charge in [0, 0.05) is 25.2 Å². The maximum atomic E-state index is 12.8. The van der Waals surface area contributed by atoms with Crippen molar-refractivity contribution < 1.29 is 14.7 Å². The van der Waals surface area contributed by atoms with E-state index in [0.717, 1.165) is 12.0 Å². The second-order valence-corrected chi connectivity index (χ2v) is 6.10. The molecule has 7 nitrogen and oxygen atoms in total. The lowest BCUT2D eigenvalue weighted by molar-refractivity contribution is 0.0696. The van der Waals surface area contributed by atoms with Crippen LogP contribution in [0, 0.1) is 0 Å². The predicted molar refractivity (Wildman–Crippen MR) is 89.6 cm³/mol. The third-order valence-corrected chi connectivity index (χ3v) is 4.60. The molecule has 1 atom stereocenters. The van der Waals surface area contributed by atoms with Gasteiger partial charge in [0.25, 0.3) is 5.91 Å². The quantitative estimate of drug-likeness (QED) is 0.791. The minimum absolute atomic E-state index is 0.0872. The number of carbonyl (C=O) groups excluding carboxylic acids is 1. The molecule has 4 rings (SSSR count). The molecule has 1 aliphatic rings. The molecule has 1 fully saturated rings. The third-order valence-electron chi connectivity index (χ3n) is 4.60. The molecule has 1 amide bonds. The van der Waals surface area contributed by atoms with E-state index in [1.807, 2.05) is 12.1 Å². The van der Waals surface area contributed by atoms with E-state index in [2.05, 4.69) is 10.1 Å². The molecule has 3 heterocycles. The maximum Gasteiger partial charge on any atom is 0.335 e. The van der Waals surface area contributed by atoms with E-state index in [1.165, 1.54) is 0 Å². The van der Waals surface area contributed by atoms with Crippen molar-refractivity contribution in [3.63, 3.8) is 0 Å². The highest BCUT2D eigenvalue weighted by Gasteiger charge is 2.29. The fraction of sp³-hybridized carbons (Fsp3) is 0.222. The number of rotatable bonds is 3. The van der Waals surface area contributed by atoms with Gasteiger partial charge in [0.15, 0.2) is 11.3 Å². The number of aromatic carboxylic acids is 1. The molecule has 1 aromatic carbocycles. The van der Waals surface area contributed by atoms with Crippen molar-refractivity contribution in [1.82, 2.24) is 19.5 Å². The Morgan fingerprint density at radius 1 is 1.16 bits per heavy atom. The van der Waals surface area contributed by atoms with Crippen LogP contribution in [0.4, 0.5) is 0 Å². The molecular formula is C18H16N4O3. The van der Waals surface area contributed by atoms with E-state index in [1.54, 1.807) is 46.1 Å². The molecule has 0 bridgehead atoms. The molecule has 3 aromatic rings. The van der Waals surface area contributed by atoms with Crippen LogP contribution in [0.25, 0.3) is 5.65 Å². The number of carbonyl (C=O) groups is 2. The van der Waals surface area contributed by atoms with Gasteiger partial charge in [-0.25, -0.2) is 14.3 Å². The molecule has 1 aliphatic heterocycles. The molecule has 126 valence electrons. The van der Waals surface area contributed by atoms with Crippen LogP contribution in [-0.4, -0.2) is 49.6 Å². The highest BCUT2D eigenvalue weighted by Crippen LogP contribution is 2.28. The van der Waals surface area contributed by atoms with Crippen LogP contribution in [0.3, 0.4) is 0 Å². The Kier molecular flexibility index (Phi) is 3.68. The van der Waals surface area contributed by atoms with Gasteiger partial charge in [0.2, 0.25) is 0 Å². The van der Waals surface area contributed by atoms with E-state index in [4.69, 9.17) is 5.11 Å². The number of carboxylic acid groups (broad SMARTS) is 1. The Morgan fingerprint density at radius 2 is 1.96 bits per heavy atom. The zero-order chi connectivity index (χ0) is 17.4. The smallest absolute Gasteiger partial charge is 0.335 e. The van der Waals surface area contributed by atoms with Crippen LogP contribution in [0.2, 0.25) is 0 Å². The van der Waals surface area contributed by atoms with Gasteiger partial charge in [-0.05, 0) is 36.2 Å². The summed E-state index contributed by atoms with van der Waals surface area (Å²) >= 11 is 0. The average Bonchev–Trinajstić information content (AvgIpc) is 3.29. The van der Waals surface area contributed by atoms with Gasteiger partial charge in [-0.3, -0.25) is 4.79 Å². The number of nitrogens with zero attached hydrogens (tertiary/aromatic N) is 4. The number of likely N-dealkylation sites (tertiary alicyclic amines) is 1. The summed E-state index contributed by atoms with van der Waals surface area (Å²) in [5.41, 5.74) is 2.42. The normalized spacial score (nSPS) is 17.1. The Balaban J connectivity index is 1.52. The molecule has 1 N–H and O–H groups in total. The Morgan fingerprint density at radius 3 is 2.72 bits per heavy atom. The number of hydrogen-bond acceptors (Lipinski definition) is 4. The molecule has 1 unspecified atom stereocenters. The van der Waals surface area contributed by atoms with Crippen molar-refractivity contribution in [3.05, 3.63) is 65.6 Å². The minimum Gasteiger partial charge on any atom is -0.478 e. The van der Waals surface area contributed by atoms with Crippen molar-refractivity contribution in [3.8, 4) is 0 Å². The average molecular weight is 336 g/mol. The first kappa shape index (κ1) is 15.3. The second kappa shape index (κ2) is 6.01. The van der Waals surface area contributed by atoms with E-state index in [-0.39, 0.29) is 17.4 Å². The second-order valence-electron chi connectivity index (χ2n) is 6.10. The maximum absolute atomic E-state index is 12.8. The van der Waals surface area contributed by atoms with Gasteiger partial charge in [-0.1, -0.05) is 12.1 Å². The summed E-state index contributed by atoms with van der Waals surface area (Å²) in [5.74, 6) is -0.815. The van der Waals surface area contributed by atoms with Crippen LogP contribution < -0.4 is 0 Å². The summed E-state index contributed by atoms with van der Waals surface area (Å²) in [6.45, 7) is 1.26. The number of hydrogen-bond donors (Lipinski definition) is 1. The van der Waals surface area contributed by atoms with E-state index in [9.17, 15) is 9.59 Å². The van der Waals surface area contributed by atoms with Crippen molar-refractivity contribution in [2.24, 2.45) is 0 Å². The van der Waals surface area contributed by atoms with Gasteiger partial charge < -0.3 is 10.0 Å². The molecule has 0 saturated carbocycles. The van der Waals surface area contributed by atoms with Crippen LogP contribution >= 0.6 is 0 Å². The summed E-state index contributed by atoms with van der Waals surface area (Å²) < 4.78 is 1.55. The highest BCUT2D eigenvalue weighted by molar-refractivity contribution is 5.93. The largest absolute Gasteiger partial charge is 0.478 e. The Hall–Kier alpha value is -3.22. The van der Waals surface area contributed by atoms with E-state index in [0.29, 0.717) is 24.4 Å². The number of imidazole rings is 1. The van der Waals surface area contributed by atoms with E-state index >= 15 is 0 Å². The number of amides is 1. The lowest BCUT2D eigenvalue weighted by Crippen LogP contribution is -2.29. The van der Waals surface area contributed by atoms with Crippen LogP contribution in [0.5, 0.6) is 0 Å². The van der Waals surface area contributed by atoms with Crippen molar-refractivity contribution >= 4 is 17.5 Å². The van der Waals surface area contributed by atoms with Crippen LogP contribution in [-0.2, 0) is 0 Å². The van der Waals surface area contributed by atoms with Crippen LogP contribution in [0.15, 0.2) is 48.8 Å². The number of benzene rings is 1. The monoisotopic (exact) mass is 336 g/mol. The molecule has 1 saturated heterocycles. The molecule has 7 heteroatoms. The lowest BCUT2D eigenvalue weighted by Gasteiger charge is -2.16. The van der Waals surface area contributed by atoms with Gasteiger partial charge in [0.1, 0.15) is 0 Å². The fourth-order valence-corrected chi connectivity index (χ4v) is 3.25. The molecule has 0 spiro atoms. The summed E-state index contributed by atoms with van der Waals surface area (Å²) in [7, 11) is 0. The van der Waals surface area contributed by atoms with Gasteiger partial charge in [0.05, 0.1) is 11.8 Å². The van der Waals surface area contributed by atoms with E-state index < -0.39 is 5.97 Å². The van der Waals surface area contributed by atoms with Gasteiger partial charge in [-0.2, -0.15) is 5.10 Å². The van der Waals surface area contributed by atoms with Gasteiger partial charge >= 0.3 is 5.97 Å². The van der Waals surface area contributed by atoms with Crippen molar-refractivity contribution in [2.45, 2.75) is 12.3 Å². The molecular weight excluding hydrogens is 320 g/mol. The third kappa shape index (κ3) is 2.73. The topological polar surface area (TPSA) is 87.8 Å². The fourth-order valence-electron chi connectivity index (χ4n) is 3.25. The zero-order valence-corrected chi connectivity index (χ0v) is 13.4. The Bertz CT molecular complexity index is 948. The SMILES string of the molecule is O=C(O)c1ccc(C2CCN(C(=O)c3cnc4cccnn34)C2)cc1. The lowest BCUT2D eigenvalue weighted by atomic mass is 9.97. The number of fused-ring (bicyclic) bond motifs is 1. The summed E-state index contributed by atoms with van der Waals surface area (Å²) in [6, 6.07) is 10.5. The van der Waals surface area contributed by atoms with Crippen molar-refractivity contribution in [2.75, 3.05) is 13.1 Å². The van der Waals surface area contributed by atoms with Crippen molar-refractivity contribution in [1.29, 1.82) is 0 Å². The summed E-state index contributed by atoms with van der Waals surface area (Å²) in [6.07, 6.45) is 4.03. The van der Waals surface area contributed by atoms with Crippen LogP contribution in [0.1, 0.15) is 38.7 Å². The highest BCUT2D eigenvalue weighted by atomic mass is 16.4. The first-order valence-electron chi connectivity index (χ1n) is 8.05. The summed E-state index contributed by atoms with van der Waals surface area (Å²) in [4.78, 5) is 29.7. The minimum atomic E-state index is -0.935. The Labute approximate surface area is 143 Å². The molecule has 2 aromatic heterocycles. The summed E-state index contributed by atoms with van der Waals surface area (Å²) in [5, 5.41) is 13.2. The first-order valence-corrected chi connectivity index (χ1v) is 8.05. The first-order chi connectivity index (χ1) is 12.1. The number of aromatic nitrogens is 3. The standard InChI is InChI=1S/C18H16N4O3/c23-17(15-10-19-16-2-1-8-20-22(15)16)21-9-7-14(11-21)12-3-5-13(6-4-12)18(24)25/h1-6,8,10,14H,7,9,11H2,(H,24,25). The van der Waals surface area contributed by atoms with Gasteiger partial charge in [-0.15, -0.1) is 0 Å². The molecule has 0 aliphatic carbocycles. The number of carboxylic acids is 1. The molecule has 0 radical (unpaired) electrons.